The third-order valence-electron chi connectivity index (χ3n) is 4.36. The van der Waals surface area contributed by atoms with E-state index in [1.807, 2.05) is 29.2 Å². The number of nitrogens with zero attached hydrogens (tertiary/aromatic N) is 1. The Morgan fingerprint density at radius 1 is 1.05 bits per heavy atom. The summed E-state index contributed by atoms with van der Waals surface area (Å²) in [5.74, 6) is 0.336. The number of carbonyl (C=O) groups excluding carboxylic acids is 2. The minimum Gasteiger partial charge on any atom is -0.461 e. The molecule has 3 rings (SSSR count). The number of rotatable bonds is 4. The molecule has 1 amide bonds. The predicted octanol–water partition coefficient (Wildman–Crippen LogP) is 3.14. The van der Waals surface area contributed by atoms with Crippen LogP contribution in [-0.4, -0.2) is 29.9 Å². The van der Waals surface area contributed by atoms with E-state index in [-0.39, 0.29) is 23.7 Å². The van der Waals surface area contributed by atoms with Gasteiger partial charge in [-0.25, -0.2) is 0 Å². The van der Waals surface area contributed by atoms with Crippen LogP contribution in [0.3, 0.4) is 0 Å². The minimum absolute atomic E-state index is 0.0706. The second kappa shape index (κ2) is 6.82. The number of piperidine rings is 1. The van der Waals surface area contributed by atoms with Gasteiger partial charge in [0.25, 0.3) is 0 Å². The molecule has 1 saturated heterocycles. The summed E-state index contributed by atoms with van der Waals surface area (Å²) < 4.78 is 6.41. The Bertz CT molecular complexity index is 546. The largest absolute Gasteiger partial charge is 0.461 e. The summed E-state index contributed by atoms with van der Waals surface area (Å²) in [6.07, 6.45) is 3.51. The van der Waals surface area contributed by atoms with Crippen molar-refractivity contribution < 1.29 is 14.3 Å². The van der Waals surface area contributed by atoms with Crippen LogP contribution < -0.4 is 0 Å². The number of halogens is 1. The Balaban J connectivity index is 1.43. The van der Waals surface area contributed by atoms with E-state index in [4.69, 9.17) is 4.74 Å². The summed E-state index contributed by atoms with van der Waals surface area (Å²) in [7, 11) is 0. The first-order valence-electron chi connectivity index (χ1n) is 7.83. The Labute approximate surface area is 138 Å². The normalized spacial score (nSPS) is 19.0. The Hall–Kier alpha value is -1.36. The smallest absolute Gasteiger partial charge is 0.309 e. The molecule has 118 valence electrons. The van der Waals surface area contributed by atoms with Crippen LogP contribution in [0.5, 0.6) is 0 Å². The maximum atomic E-state index is 12.1. The lowest BCUT2D eigenvalue weighted by molar-refractivity contribution is -0.153. The molecule has 2 fully saturated rings. The average molecular weight is 366 g/mol. The summed E-state index contributed by atoms with van der Waals surface area (Å²) in [6, 6.07) is 7.75. The fraction of sp³-hybridized carbons (Fsp3) is 0.529. The Morgan fingerprint density at radius 2 is 1.68 bits per heavy atom. The maximum Gasteiger partial charge on any atom is 0.309 e. The van der Waals surface area contributed by atoms with E-state index in [0.29, 0.717) is 19.7 Å². The number of benzene rings is 1. The first-order chi connectivity index (χ1) is 10.6. The van der Waals surface area contributed by atoms with Crippen LogP contribution in [0, 0.1) is 11.8 Å². The van der Waals surface area contributed by atoms with Gasteiger partial charge in [0.15, 0.2) is 0 Å². The molecule has 0 atom stereocenters. The van der Waals surface area contributed by atoms with Crippen molar-refractivity contribution in [2.75, 3.05) is 13.1 Å². The van der Waals surface area contributed by atoms with Gasteiger partial charge in [0.2, 0.25) is 5.91 Å². The van der Waals surface area contributed by atoms with Gasteiger partial charge in [0, 0.05) is 23.5 Å². The topological polar surface area (TPSA) is 46.6 Å². The van der Waals surface area contributed by atoms with Crippen molar-refractivity contribution >= 4 is 27.8 Å². The minimum atomic E-state index is -0.138. The molecule has 0 radical (unpaired) electrons. The van der Waals surface area contributed by atoms with Crippen molar-refractivity contribution in [1.29, 1.82) is 0 Å². The fourth-order valence-corrected chi connectivity index (χ4v) is 3.04. The molecule has 1 aromatic rings. The van der Waals surface area contributed by atoms with Gasteiger partial charge in [0.1, 0.15) is 6.61 Å². The molecule has 22 heavy (non-hydrogen) atoms. The third kappa shape index (κ3) is 3.88. The average Bonchev–Trinajstić information content (AvgIpc) is 3.38. The van der Waals surface area contributed by atoms with Crippen LogP contribution in [0.15, 0.2) is 28.7 Å². The van der Waals surface area contributed by atoms with Gasteiger partial charge >= 0.3 is 5.97 Å². The number of hydrogen-bond acceptors (Lipinski definition) is 3. The van der Waals surface area contributed by atoms with E-state index in [1.165, 1.54) is 0 Å². The van der Waals surface area contributed by atoms with Crippen LogP contribution >= 0.6 is 15.9 Å². The molecule has 1 aliphatic carbocycles. The van der Waals surface area contributed by atoms with Gasteiger partial charge in [-0.2, -0.15) is 0 Å². The maximum absolute atomic E-state index is 12.1. The molecule has 1 heterocycles. The summed E-state index contributed by atoms with van der Waals surface area (Å²) in [4.78, 5) is 26.0. The second-order valence-electron chi connectivity index (χ2n) is 6.11. The number of likely N-dealkylation sites (tertiary alicyclic amines) is 1. The van der Waals surface area contributed by atoms with Gasteiger partial charge in [0.05, 0.1) is 5.92 Å². The van der Waals surface area contributed by atoms with Gasteiger partial charge in [-0.3, -0.25) is 9.59 Å². The number of esters is 1. The summed E-state index contributed by atoms with van der Waals surface area (Å²) in [5.41, 5.74) is 0.984. The second-order valence-corrected chi connectivity index (χ2v) is 7.02. The third-order valence-corrected chi connectivity index (χ3v) is 4.89. The van der Waals surface area contributed by atoms with Crippen molar-refractivity contribution in [3.63, 3.8) is 0 Å². The lowest BCUT2D eigenvalue weighted by Crippen LogP contribution is -2.41. The van der Waals surface area contributed by atoms with E-state index < -0.39 is 0 Å². The van der Waals surface area contributed by atoms with Crippen LogP contribution in [0.1, 0.15) is 31.2 Å². The number of ether oxygens (including phenoxy) is 1. The van der Waals surface area contributed by atoms with Crippen LogP contribution in [-0.2, 0) is 20.9 Å². The highest BCUT2D eigenvalue weighted by Crippen LogP contribution is 2.32. The van der Waals surface area contributed by atoms with Crippen molar-refractivity contribution in [1.82, 2.24) is 4.90 Å². The van der Waals surface area contributed by atoms with Crippen LogP contribution in [0.2, 0.25) is 0 Å². The molecule has 0 bridgehead atoms. The fourth-order valence-electron chi connectivity index (χ4n) is 2.78. The SMILES string of the molecule is O=C(OCc1ccc(Br)cc1)C1CCN(C(=O)C2CC2)CC1. The molecular formula is C17H20BrNO3. The summed E-state index contributed by atoms with van der Waals surface area (Å²) >= 11 is 3.38. The van der Waals surface area contributed by atoms with Crippen molar-refractivity contribution in [2.24, 2.45) is 11.8 Å². The molecule has 5 heteroatoms. The van der Waals surface area contributed by atoms with Crippen molar-refractivity contribution in [2.45, 2.75) is 32.3 Å². The van der Waals surface area contributed by atoms with Gasteiger partial charge in [-0.1, -0.05) is 28.1 Å². The molecule has 0 unspecified atom stereocenters. The van der Waals surface area contributed by atoms with Gasteiger partial charge < -0.3 is 9.64 Å². The molecule has 1 aliphatic heterocycles. The number of amides is 1. The molecule has 0 aromatic heterocycles. The van der Waals surface area contributed by atoms with Crippen LogP contribution in [0.25, 0.3) is 0 Å². The lowest BCUT2D eigenvalue weighted by Gasteiger charge is -2.31. The Morgan fingerprint density at radius 3 is 2.27 bits per heavy atom. The quantitative estimate of drug-likeness (QED) is 0.770. The van der Waals surface area contributed by atoms with E-state index in [0.717, 1.165) is 35.7 Å². The van der Waals surface area contributed by atoms with E-state index in [9.17, 15) is 9.59 Å². The number of hydrogen-bond donors (Lipinski definition) is 0. The van der Waals surface area contributed by atoms with E-state index >= 15 is 0 Å². The van der Waals surface area contributed by atoms with Crippen LogP contribution in [0.4, 0.5) is 0 Å². The highest BCUT2D eigenvalue weighted by molar-refractivity contribution is 9.10. The van der Waals surface area contributed by atoms with Crippen molar-refractivity contribution in [3.8, 4) is 0 Å². The molecular weight excluding hydrogens is 346 g/mol. The summed E-state index contributed by atoms with van der Waals surface area (Å²) in [5, 5.41) is 0. The molecule has 1 saturated carbocycles. The molecule has 0 spiro atoms. The molecule has 2 aliphatic rings. The lowest BCUT2D eigenvalue weighted by atomic mass is 9.96. The standard InChI is InChI=1S/C17H20BrNO3/c18-15-5-1-12(2-6-15)11-22-17(21)14-7-9-19(10-8-14)16(20)13-3-4-13/h1-2,5-6,13-14H,3-4,7-11H2. The van der Waals surface area contributed by atoms with E-state index in [2.05, 4.69) is 15.9 Å². The van der Waals surface area contributed by atoms with Gasteiger partial charge in [-0.05, 0) is 43.4 Å². The monoisotopic (exact) mass is 365 g/mol. The summed E-state index contributed by atoms with van der Waals surface area (Å²) in [6.45, 7) is 1.69. The first-order valence-corrected chi connectivity index (χ1v) is 8.62. The van der Waals surface area contributed by atoms with E-state index in [1.54, 1.807) is 0 Å². The zero-order valence-corrected chi connectivity index (χ0v) is 14.0. The molecule has 4 nitrogen and oxygen atoms in total. The predicted molar refractivity (Wildman–Crippen MR) is 86.0 cm³/mol. The zero-order valence-electron chi connectivity index (χ0n) is 12.5. The van der Waals surface area contributed by atoms with Gasteiger partial charge in [-0.15, -0.1) is 0 Å². The molecule has 1 aromatic carbocycles. The Kier molecular flexibility index (Phi) is 4.81. The highest BCUT2D eigenvalue weighted by atomic mass is 79.9. The highest BCUT2D eigenvalue weighted by Gasteiger charge is 2.36. The molecule has 0 N–H and O–H groups in total. The zero-order chi connectivity index (χ0) is 15.5. The first kappa shape index (κ1) is 15.5. The van der Waals surface area contributed by atoms with Crippen molar-refractivity contribution in [3.05, 3.63) is 34.3 Å². The number of carbonyl (C=O) groups is 2.